The lowest BCUT2D eigenvalue weighted by Gasteiger charge is -2.30. The molecule has 0 aliphatic heterocycles. The van der Waals surface area contributed by atoms with Crippen LogP contribution in [0.4, 0.5) is 11.4 Å². The zero-order chi connectivity index (χ0) is 31.3. The van der Waals surface area contributed by atoms with Crippen LogP contribution in [-0.4, -0.2) is 35.7 Å². The summed E-state index contributed by atoms with van der Waals surface area (Å²) in [7, 11) is -0.220. The highest BCUT2D eigenvalue weighted by Crippen LogP contribution is 2.38. The average molecular weight is 614 g/mol. The van der Waals surface area contributed by atoms with Crippen molar-refractivity contribution in [2.24, 2.45) is 5.11 Å². The van der Waals surface area contributed by atoms with E-state index in [4.69, 9.17) is 26.6 Å². The number of nitrogens with zero attached hydrogens (tertiary/aromatic N) is 2. The maximum Gasteiger partial charge on any atom is 0.184 e. The van der Waals surface area contributed by atoms with Crippen LogP contribution in [0.5, 0.6) is 11.5 Å². The summed E-state index contributed by atoms with van der Waals surface area (Å²) in [5.41, 5.74) is 11.1. The molecule has 3 aromatic carbocycles. The van der Waals surface area contributed by atoms with Gasteiger partial charge in [-0.15, -0.1) is 0 Å². The molecular weight excluding hydrogens is 570 g/mol. The predicted molar refractivity (Wildman–Crippen MR) is 172 cm³/mol. The molecule has 228 valence electrons. The van der Waals surface area contributed by atoms with Crippen LogP contribution in [0.25, 0.3) is 0 Å². The van der Waals surface area contributed by atoms with E-state index in [0.717, 1.165) is 18.6 Å². The Hall–Kier alpha value is -3.10. The van der Waals surface area contributed by atoms with Gasteiger partial charge in [-0.05, 0) is 77.3 Å². The predicted octanol–water partition coefficient (Wildman–Crippen LogP) is 8.88. The van der Waals surface area contributed by atoms with Crippen LogP contribution in [0, 0.1) is 5.53 Å². The Kier molecular flexibility index (Phi) is 10.7. The van der Waals surface area contributed by atoms with Crippen LogP contribution < -0.4 is 14.4 Å². The molecule has 3 rings (SSSR count). The molecule has 1 N–H and O–H groups in total. The van der Waals surface area contributed by atoms with Crippen LogP contribution in [0.2, 0.25) is 5.02 Å². The highest BCUT2D eigenvalue weighted by Gasteiger charge is 2.27. The van der Waals surface area contributed by atoms with Gasteiger partial charge in [-0.3, -0.25) is 0 Å². The van der Waals surface area contributed by atoms with Crippen LogP contribution in [0.15, 0.2) is 64.6 Å². The third-order valence-electron chi connectivity index (χ3n) is 8.15. The minimum atomic E-state index is -3.86. The third-order valence-corrected chi connectivity index (χ3v) is 10.2. The molecule has 7 nitrogen and oxygen atoms in total. The van der Waals surface area contributed by atoms with Crippen molar-refractivity contribution in [3.05, 3.63) is 76.3 Å². The summed E-state index contributed by atoms with van der Waals surface area (Å²) < 4.78 is 39.0. The second-order valence-electron chi connectivity index (χ2n) is 12.1. The maximum atomic E-state index is 13.4. The van der Waals surface area contributed by atoms with Crippen molar-refractivity contribution in [3.8, 4) is 11.5 Å². The van der Waals surface area contributed by atoms with Gasteiger partial charge in [0.25, 0.3) is 0 Å². The van der Waals surface area contributed by atoms with Crippen LogP contribution >= 0.6 is 11.6 Å². The van der Waals surface area contributed by atoms with E-state index in [1.165, 1.54) is 23.3 Å². The summed E-state index contributed by atoms with van der Waals surface area (Å²) in [4.78, 5) is 1.78. The van der Waals surface area contributed by atoms with Crippen molar-refractivity contribution in [2.45, 2.75) is 75.9 Å². The lowest BCUT2D eigenvalue weighted by atomic mass is 9.76. The molecule has 0 aliphatic rings. The van der Waals surface area contributed by atoms with Gasteiger partial charge in [0.1, 0.15) is 30.4 Å². The first-order valence-corrected chi connectivity index (χ1v) is 16.3. The summed E-state index contributed by atoms with van der Waals surface area (Å²) in [6.45, 7) is 14.0. The SMILES string of the molecule is CCC(C)(C)c1ccc(OCCOc2ccc(Cl)c(CS(=O)(=O)c3cc(N(C)C)ccc3N=N)c2)c(C(C)(C)CC)c1. The molecule has 0 amide bonds. The quantitative estimate of drug-likeness (QED) is 0.145. The molecule has 0 aliphatic carbocycles. The fourth-order valence-electron chi connectivity index (χ4n) is 4.47. The van der Waals surface area contributed by atoms with Crippen LogP contribution in [0.1, 0.15) is 71.1 Å². The Balaban J connectivity index is 1.75. The Bertz CT molecular complexity index is 1520. The molecule has 0 saturated carbocycles. The van der Waals surface area contributed by atoms with Gasteiger partial charge in [-0.2, -0.15) is 5.11 Å². The van der Waals surface area contributed by atoms with Gasteiger partial charge >= 0.3 is 0 Å². The molecule has 9 heteroatoms. The van der Waals surface area contributed by atoms with E-state index in [1.807, 2.05) is 14.1 Å². The Morgan fingerprint density at radius 3 is 2.17 bits per heavy atom. The third kappa shape index (κ3) is 7.84. The number of sulfone groups is 1. The molecule has 0 unspecified atom stereocenters. The zero-order valence-electron chi connectivity index (χ0n) is 26.0. The number of hydrogen-bond donors (Lipinski definition) is 1. The van der Waals surface area contributed by atoms with Crippen molar-refractivity contribution in [1.82, 2.24) is 0 Å². The molecular formula is C33H44ClN3O4S. The smallest absolute Gasteiger partial charge is 0.184 e. The van der Waals surface area contributed by atoms with Crippen LogP contribution in [-0.2, 0) is 26.4 Å². The number of halogens is 1. The second-order valence-corrected chi connectivity index (χ2v) is 14.4. The number of nitrogens with one attached hydrogen (secondary N) is 1. The zero-order valence-corrected chi connectivity index (χ0v) is 27.6. The fourth-order valence-corrected chi connectivity index (χ4v) is 6.27. The monoisotopic (exact) mass is 613 g/mol. The van der Waals surface area contributed by atoms with E-state index in [1.54, 1.807) is 29.2 Å². The molecule has 0 fully saturated rings. The summed E-state index contributed by atoms with van der Waals surface area (Å²) in [6.07, 6.45) is 2.02. The van der Waals surface area contributed by atoms with Gasteiger partial charge in [0.2, 0.25) is 0 Å². The first kappa shape index (κ1) is 33.4. The van der Waals surface area contributed by atoms with Crippen molar-refractivity contribution < 1.29 is 17.9 Å². The van der Waals surface area contributed by atoms with Crippen molar-refractivity contribution in [3.63, 3.8) is 0 Å². The molecule has 3 aromatic rings. The Morgan fingerprint density at radius 1 is 0.881 bits per heavy atom. The topological polar surface area (TPSA) is 92.1 Å². The fraction of sp³-hybridized carbons (Fsp3) is 0.455. The van der Waals surface area contributed by atoms with Gasteiger partial charge in [0.15, 0.2) is 9.84 Å². The van der Waals surface area contributed by atoms with E-state index < -0.39 is 9.84 Å². The molecule has 0 atom stereocenters. The van der Waals surface area contributed by atoms with Gasteiger partial charge in [0, 0.05) is 30.4 Å². The van der Waals surface area contributed by atoms with E-state index in [0.29, 0.717) is 28.6 Å². The molecule has 0 spiro atoms. The largest absolute Gasteiger partial charge is 0.490 e. The number of benzene rings is 3. The Morgan fingerprint density at radius 2 is 1.55 bits per heavy atom. The summed E-state index contributed by atoms with van der Waals surface area (Å²) in [6, 6.07) is 16.3. The highest BCUT2D eigenvalue weighted by atomic mass is 35.5. The van der Waals surface area contributed by atoms with Gasteiger partial charge in [0.05, 0.1) is 10.6 Å². The molecule has 0 aromatic heterocycles. The van der Waals surface area contributed by atoms with Crippen molar-refractivity contribution in [2.75, 3.05) is 32.2 Å². The lowest BCUT2D eigenvalue weighted by molar-refractivity contribution is 0.213. The molecule has 0 heterocycles. The van der Waals surface area contributed by atoms with Crippen molar-refractivity contribution >= 4 is 32.8 Å². The van der Waals surface area contributed by atoms with Gasteiger partial charge < -0.3 is 14.4 Å². The van der Waals surface area contributed by atoms with E-state index >= 15 is 0 Å². The molecule has 0 bridgehead atoms. The maximum absolute atomic E-state index is 13.4. The van der Waals surface area contributed by atoms with Crippen molar-refractivity contribution in [1.29, 1.82) is 5.53 Å². The highest BCUT2D eigenvalue weighted by molar-refractivity contribution is 7.90. The number of rotatable bonds is 14. The van der Waals surface area contributed by atoms with Gasteiger partial charge in [-0.25, -0.2) is 13.9 Å². The summed E-state index contributed by atoms with van der Waals surface area (Å²) in [5, 5.41) is 3.74. The molecule has 0 radical (unpaired) electrons. The normalized spacial score (nSPS) is 12.2. The van der Waals surface area contributed by atoms with Crippen LogP contribution in [0.3, 0.4) is 0 Å². The minimum Gasteiger partial charge on any atom is -0.490 e. The molecule has 0 saturated heterocycles. The summed E-state index contributed by atoms with van der Waals surface area (Å²) in [5.74, 6) is 0.990. The Labute approximate surface area is 256 Å². The number of hydrogen-bond acceptors (Lipinski definition) is 7. The molecule has 42 heavy (non-hydrogen) atoms. The average Bonchev–Trinajstić information content (AvgIpc) is 2.96. The minimum absolute atomic E-state index is 0.0151. The second kappa shape index (κ2) is 13.5. The van der Waals surface area contributed by atoms with Gasteiger partial charge in [-0.1, -0.05) is 65.3 Å². The first-order chi connectivity index (χ1) is 19.6. The van der Waals surface area contributed by atoms with E-state index in [-0.39, 0.29) is 33.8 Å². The number of anilines is 1. The van der Waals surface area contributed by atoms with E-state index in [9.17, 15) is 8.42 Å². The van der Waals surface area contributed by atoms with E-state index in [2.05, 4.69) is 64.9 Å². The standard InChI is InChI=1S/C33H44ClN3O4S/c1-9-32(3,4)24-11-16-30(27(20-24)33(5,6)10-2)41-18-17-40-26-13-14-28(34)23(19-26)22-42(38,39)31-21-25(37(7)8)12-15-29(31)36-35/h11-16,19-21,35H,9-10,17-18,22H2,1-8H3. The number of ether oxygens (including phenoxy) is 2. The lowest BCUT2D eigenvalue weighted by Crippen LogP contribution is -2.22. The first-order valence-electron chi connectivity index (χ1n) is 14.3. The summed E-state index contributed by atoms with van der Waals surface area (Å²) >= 11 is 6.40.